The predicted octanol–water partition coefficient (Wildman–Crippen LogP) is 1.09. The maximum Gasteiger partial charge on any atom is 0.275 e. The molecule has 0 aliphatic rings. The molecule has 0 unspecified atom stereocenters. The summed E-state index contributed by atoms with van der Waals surface area (Å²) in [5.74, 6) is -2.12. The Bertz CT molecular complexity index is 671. The minimum Gasteiger partial charge on any atom is -0.366 e. The first kappa shape index (κ1) is 14.1. The number of benzene rings is 1. The summed E-state index contributed by atoms with van der Waals surface area (Å²) in [5, 5.41) is 4.71. The van der Waals surface area contributed by atoms with E-state index in [9.17, 15) is 14.0 Å². The summed E-state index contributed by atoms with van der Waals surface area (Å²) in [7, 11) is 0. The fourth-order valence-electron chi connectivity index (χ4n) is 1.50. The largest absolute Gasteiger partial charge is 0.366 e. The first-order valence-electron chi connectivity index (χ1n) is 5.56. The molecule has 2 amide bonds. The van der Waals surface area contributed by atoms with E-state index in [2.05, 4.69) is 10.3 Å². The zero-order valence-electron chi connectivity index (χ0n) is 10.2. The van der Waals surface area contributed by atoms with Crippen LogP contribution in [0.1, 0.15) is 25.9 Å². The van der Waals surface area contributed by atoms with Crippen molar-refractivity contribution in [3.8, 4) is 0 Å². The average molecular weight is 294 g/mol. The van der Waals surface area contributed by atoms with Crippen LogP contribution < -0.4 is 16.8 Å². The van der Waals surface area contributed by atoms with Crippen LogP contribution >= 0.6 is 11.3 Å². The molecule has 2 rings (SSSR count). The minimum absolute atomic E-state index is 0.209. The van der Waals surface area contributed by atoms with Crippen LogP contribution in [0, 0.1) is 5.82 Å². The maximum absolute atomic E-state index is 13.3. The second-order valence-electron chi connectivity index (χ2n) is 3.84. The Balaban J connectivity index is 2.19. The number of carbonyl (C=O) groups is 2. The van der Waals surface area contributed by atoms with Crippen LogP contribution in [0.4, 0.5) is 10.1 Å². The highest BCUT2D eigenvalue weighted by Crippen LogP contribution is 2.16. The Kier molecular flexibility index (Phi) is 4.06. The van der Waals surface area contributed by atoms with Gasteiger partial charge in [-0.05, 0) is 18.2 Å². The normalized spacial score (nSPS) is 10.3. The molecule has 0 spiro atoms. The van der Waals surface area contributed by atoms with Gasteiger partial charge in [-0.3, -0.25) is 9.59 Å². The third kappa shape index (κ3) is 2.98. The van der Waals surface area contributed by atoms with E-state index in [1.54, 1.807) is 5.38 Å². The molecular formula is C12H11FN4O2S. The van der Waals surface area contributed by atoms with Crippen LogP contribution in [0.3, 0.4) is 0 Å². The minimum atomic E-state index is -0.905. The van der Waals surface area contributed by atoms with E-state index in [1.165, 1.54) is 23.5 Å². The molecule has 0 aliphatic carbocycles. The summed E-state index contributed by atoms with van der Waals surface area (Å²) in [6.07, 6.45) is 0. The topological polar surface area (TPSA) is 111 Å². The van der Waals surface area contributed by atoms with E-state index in [0.29, 0.717) is 5.01 Å². The van der Waals surface area contributed by atoms with Gasteiger partial charge in [0.2, 0.25) is 0 Å². The van der Waals surface area contributed by atoms with Crippen molar-refractivity contribution in [1.82, 2.24) is 4.98 Å². The van der Waals surface area contributed by atoms with Crippen molar-refractivity contribution in [2.75, 3.05) is 5.32 Å². The van der Waals surface area contributed by atoms with Crippen molar-refractivity contribution in [3.05, 3.63) is 45.7 Å². The van der Waals surface area contributed by atoms with E-state index >= 15 is 0 Å². The summed E-state index contributed by atoms with van der Waals surface area (Å²) in [5.41, 5.74) is 10.6. The van der Waals surface area contributed by atoms with Crippen LogP contribution in [0.2, 0.25) is 0 Å². The van der Waals surface area contributed by atoms with Crippen LogP contribution in [-0.2, 0) is 6.54 Å². The lowest BCUT2D eigenvalue weighted by atomic mass is 10.1. The van der Waals surface area contributed by atoms with Crippen LogP contribution in [0.25, 0.3) is 0 Å². The maximum atomic E-state index is 13.3. The second kappa shape index (κ2) is 5.76. The zero-order valence-corrected chi connectivity index (χ0v) is 11.0. The summed E-state index contributed by atoms with van der Waals surface area (Å²) < 4.78 is 13.3. The molecule has 0 saturated carbocycles. The van der Waals surface area contributed by atoms with Gasteiger partial charge in [0, 0.05) is 17.6 Å². The average Bonchev–Trinajstić information content (AvgIpc) is 2.89. The number of hydrogen-bond donors (Lipinski definition) is 3. The molecule has 8 heteroatoms. The highest BCUT2D eigenvalue weighted by Gasteiger charge is 2.13. The number of rotatable bonds is 4. The lowest BCUT2D eigenvalue weighted by Gasteiger charge is -2.05. The molecule has 0 atom stereocenters. The van der Waals surface area contributed by atoms with Crippen molar-refractivity contribution in [3.63, 3.8) is 0 Å². The van der Waals surface area contributed by atoms with E-state index in [4.69, 9.17) is 11.5 Å². The molecule has 1 heterocycles. The number of hydrogen-bond acceptors (Lipinski definition) is 5. The van der Waals surface area contributed by atoms with Gasteiger partial charge in [-0.1, -0.05) is 0 Å². The number of nitrogens with zero attached hydrogens (tertiary/aromatic N) is 1. The molecule has 1 aromatic carbocycles. The molecule has 0 aliphatic heterocycles. The molecule has 0 fully saturated rings. The SMILES string of the molecule is NCc1nc(C(=O)Nc2ccc(F)c(C(N)=O)c2)cs1. The van der Waals surface area contributed by atoms with Crippen molar-refractivity contribution in [2.24, 2.45) is 11.5 Å². The van der Waals surface area contributed by atoms with Crippen molar-refractivity contribution < 1.29 is 14.0 Å². The highest BCUT2D eigenvalue weighted by molar-refractivity contribution is 7.09. The van der Waals surface area contributed by atoms with Crippen LogP contribution in [0.5, 0.6) is 0 Å². The van der Waals surface area contributed by atoms with Crippen molar-refractivity contribution >= 4 is 28.8 Å². The molecule has 6 nitrogen and oxygen atoms in total. The van der Waals surface area contributed by atoms with E-state index in [1.807, 2.05) is 0 Å². The number of amides is 2. The van der Waals surface area contributed by atoms with Gasteiger partial charge in [0.25, 0.3) is 11.8 Å². The second-order valence-corrected chi connectivity index (χ2v) is 4.79. The predicted molar refractivity (Wildman–Crippen MR) is 72.9 cm³/mol. The Hall–Kier alpha value is -2.32. The van der Waals surface area contributed by atoms with E-state index in [-0.39, 0.29) is 23.5 Å². The monoisotopic (exact) mass is 294 g/mol. The van der Waals surface area contributed by atoms with Gasteiger partial charge in [-0.15, -0.1) is 11.3 Å². The van der Waals surface area contributed by atoms with E-state index in [0.717, 1.165) is 6.07 Å². The molecule has 5 N–H and O–H groups in total. The Labute approximate surface area is 117 Å². The van der Waals surface area contributed by atoms with Crippen molar-refractivity contribution in [1.29, 1.82) is 0 Å². The molecule has 1 aromatic heterocycles. The van der Waals surface area contributed by atoms with Gasteiger partial charge in [0.15, 0.2) is 0 Å². The number of nitrogens with one attached hydrogen (secondary N) is 1. The number of primary amides is 1. The third-order valence-electron chi connectivity index (χ3n) is 2.45. The van der Waals surface area contributed by atoms with Crippen LogP contribution in [-0.4, -0.2) is 16.8 Å². The van der Waals surface area contributed by atoms with Gasteiger partial charge in [0.1, 0.15) is 16.5 Å². The molecule has 0 radical (unpaired) electrons. The number of anilines is 1. The molecule has 0 bridgehead atoms. The first-order valence-corrected chi connectivity index (χ1v) is 6.44. The standard InChI is InChI=1S/C12H11FN4O2S/c13-8-2-1-6(3-7(8)11(15)18)16-12(19)9-5-20-10(4-14)17-9/h1-3,5H,4,14H2,(H2,15,18)(H,16,19). The summed E-state index contributed by atoms with van der Waals surface area (Å²) >= 11 is 1.27. The summed E-state index contributed by atoms with van der Waals surface area (Å²) in [4.78, 5) is 26.9. The quantitative estimate of drug-likeness (QED) is 0.783. The number of carbonyl (C=O) groups excluding carboxylic acids is 2. The Morgan fingerprint density at radius 1 is 1.40 bits per heavy atom. The lowest BCUT2D eigenvalue weighted by Crippen LogP contribution is -2.16. The fourth-order valence-corrected chi connectivity index (χ4v) is 2.15. The fraction of sp³-hybridized carbons (Fsp3) is 0.0833. The summed E-state index contributed by atoms with van der Waals surface area (Å²) in [6.45, 7) is 0.250. The Morgan fingerprint density at radius 2 is 2.15 bits per heavy atom. The van der Waals surface area contributed by atoms with Gasteiger partial charge in [-0.2, -0.15) is 0 Å². The lowest BCUT2D eigenvalue weighted by molar-refractivity contribution is 0.0992. The number of nitrogens with two attached hydrogens (primary N) is 2. The summed E-state index contributed by atoms with van der Waals surface area (Å²) in [6, 6.07) is 3.56. The molecule has 20 heavy (non-hydrogen) atoms. The molecule has 2 aromatic rings. The zero-order chi connectivity index (χ0) is 14.7. The first-order chi connectivity index (χ1) is 9.51. The smallest absolute Gasteiger partial charge is 0.275 e. The molecule has 0 saturated heterocycles. The number of halogens is 1. The van der Waals surface area contributed by atoms with Gasteiger partial charge >= 0.3 is 0 Å². The number of aromatic nitrogens is 1. The molecule has 104 valence electrons. The number of thiazole rings is 1. The van der Waals surface area contributed by atoms with Gasteiger partial charge in [0.05, 0.1) is 5.56 Å². The van der Waals surface area contributed by atoms with Gasteiger partial charge in [-0.25, -0.2) is 9.37 Å². The highest BCUT2D eigenvalue weighted by atomic mass is 32.1. The van der Waals surface area contributed by atoms with E-state index < -0.39 is 17.6 Å². The molecular weight excluding hydrogens is 283 g/mol. The van der Waals surface area contributed by atoms with Gasteiger partial charge < -0.3 is 16.8 Å². The van der Waals surface area contributed by atoms with Crippen LogP contribution in [0.15, 0.2) is 23.6 Å². The van der Waals surface area contributed by atoms with Crippen molar-refractivity contribution in [2.45, 2.75) is 6.54 Å². The third-order valence-corrected chi connectivity index (χ3v) is 3.32. The Morgan fingerprint density at radius 3 is 2.75 bits per heavy atom.